The molecule has 8 nitrogen and oxygen atoms in total. The lowest BCUT2D eigenvalue weighted by atomic mass is 9.80. The Morgan fingerprint density at radius 2 is 1.22 bits per heavy atom. The van der Waals surface area contributed by atoms with Gasteiger partial charge in [-0.05, 0) is 23.1 Å². The van der Waals surface area contributed by atoms with Crippen LogP contribution in [0.5, 0.6) is 0 Å². The molecule has 0 spiro atoms. The number of ketones is 1. The summed E-state index contributed by atoms with van der Waals surface area (Å²) in [5.41, 5.74) is 11.1. The maximum atomic E-state index is 12.4. The van der Waals surface area contributed by atoms with E-state index >= 15 is 0 Å². The van der Waals surface area contributed by atoms with Crippen LogP contribution in [0.4, 0.5) is 0 Å². The van der Waals surface area contributed by atoms with Crippen molar-refractivity contribution in [2.24, 2.45) is 0 Å². The van der Waals surface area contributed by atoms with Crippen molar-refractivity contribution >= 4 is 28.6 Å². The van der Waals surface area contributed by atoms with Crippen LogP contribution in [-0.4, -0.2) is 45.3 Å². The van der Waals surface area contributed by atoms with E-state index in [2.05, 4.69) is 11.4 Å². The predicted octanol–water partition coefficient (Wildman–Crippen LogP) is 3.90. The molecule has 0 saturated heterocycles. The first-order chi connectivity index (χ1) is 17.5. The summed E-state index contributed by atoms with van der Waals surface area (Å²) in [7, 11) is -9.82. The van der Waals surface area contributed by atoms with E-state index in [9.17, 15) is 21.6 Å². The van der Waals surface area contributed by atoms with Crippen LogP contribution in [0.2, 0.25) is 0 Å². The zero-order valence-corrected chi connectivity index (χ0v) is 21.8. The number of benzene rings is 3. The third kappa shape index (κ3) is 6.00. The Morgan fingerprint density at radius 3 is 1.57 bits per heavy atom. The van der Waals surface area contributed by atoms with E-state index in [0.717, 1.165) is 16.7 Å². The first-order valence-electron chi connectivity index (χ1n) is 11.2. The summed E-state index contributed by atoms with van der Waals surface area (Å²) in [6.45, 7) is 3.96. The molecule has 3 rings (SSSR count). The van der Waals surface area contributed by atoms with Crippen LogP contribution in [0.15, 0.2) is 103 Å². The minimum Gasteiger partial charge on any atom is -0.360 e. The second-order valence-corrected chi connectivity index (χ2v) is 14.1. The molecule has 0 aliphatic heterocycles. The highest BCUT2D eigenvalue weighted by Gasteiger charge is 2.43. The fourth-order valence-corrected chi connectivity index (χ4v) is 5.84. The van der Waals surface area contributed by atoms with Gasteiger partial charge in [0.15, 0.2) is 0 Å². The van der Waals surface area contributed by atoms with Gasteiger partial charge in [0.25, 0.3) is 14.7 Å². The van der Waals surface area contributed by atoms with Gasteiger partial charge in [-0.15, -0.1) is 4.79 Å². The van der Waals surface area contributed by atoms with Gasteiger partial charge in [-0.2, -0.15) is 8.42 Å². The van der Waals surface area contributed by atoms with E-state index in [0.29, 0.717) is 11.8 Å². The molecule has 3 aromatic carbocycles. The summed E-state index contributed by atoms with van der Waals surface area (Å²) >= 11 is 0. The second-order valence-electron chi connectivity index (χ2n) is 8.30. The van der Waals surface area contributed by atoms with Gasteiger partial charge in [0.2, 0.25) is 0 Å². The fourth-order valence-electron chi connectivity index (χ4n) is 3.84. The van der Waals surface area contributed by atoms with Crippen LogP contribution < -0.4 is 0 Å². The van der Waals surface area contributed by atoms with Crippen molar-refractivity contribution in [3.05, 3.63) is 125 Å². The Hall–Kier alpha value is -3.69. The summed E-state index contributed by atoms with van der Waals surface area (Å²) in [5, 5.41) is -1.42. The second kappa shape index (κ2) is 11.6. The van der Waals surface area contributed by atoms with Crippen LogP contribution in [0, 0.1) is 0 Å². The van der Waals surface area contributed by atoms with Crippen LogP contribution in [0.1, 0.15) is 29.5 Å². The maximum Gasteiger partial charge on any atom is 0.462 e. The number of hydrogen-bond acceptors (Lipinski definition) is 6. The number of carbonyl (C=O) groups excluding carboxylic acids is 1. The molecule has 0 atom stereocenters. The van der Waals surface area contributed by atoms with Gasteiger partial charge in [0, 0.05) is 6.42 Å². The van der Waals surface area contributed by atoms with E-state index in [4.69, 9.17) is 10.3 Å². The standard InChI is InChI=1S/C27H26N2O6S2/c1-21(18-19-25(30)26(29-28)37(33,34)36(2,31)32)20-35-27(22-12-6-3-7-13-22,23-14-8-4-9-15-23)24-16-10-5-11-17-24/h3-17H,1,18-20H2,2H3. The van der Waals surface area contributed by atoms with Gasteiger partial charge in [0.1, 0.15) is 5.60 Å². The van der Waals surface area contributed by atoms with E-state index in [1.807, 2.05) is 91.0 Å². The van der Waals surface area contributed by atoms with Crippen LogP contribution in [0.3, 0.4) is 0 Å². The molecular formula is C27H26N2O6S2. The first kappa shape index (κ1) is 27.9. The van der Waals surface area contributed by atoms with Crippen molar-refractivity contribution < 1.29 is 31.2 Å². The number of nitrogens with zero attached hydrogens (tertiary/aromatic N) is 2. The van der Waals surface area contributed by atoms with Crippen LogP contribution >= 0.6 is 0 Å². The molecule has 0 unspecified atom stereocenters. The summed E-state index contributed by atoms with van der Waals surface area (Å²) in [5.74, 6) is -1.14. The van der Waals surface area contributed by atoms with E-state index in [1.165, 1.54) is 0 Å². The van der Waals surface area contributed by atoms with Crippen molar-refractivity contribution in [1.29, 1.82) is 0 Å². The van der Waals surface area contributed by atoms with Crippen molar-refractivity contribution in [2.75, 3.05) is 12.9 Å². The molecule has 10 heteroatoms. The molecule has 0 bridgehead atoms. The van der Waals surface area contributed by atoms with E-state index < -0.39 is 40.6 Å². The summed E-state index contributed by atoms with van der Waals surface area (Å²) in [4.78, 5) is 14.9. The zero-order chi connectivity index (χ0) is 27.1. The molecule has 0 aliphatic rings. The molecule has 0 heterocycles. The molecule has 3 aromatic rings. The Morgan fingerprint density at radius 1 is 0.811 bits per heavy atom. The molecule has 0 aliphatic carbocycles. The molecule has 0 fully saturated rings. The fraction of sp³-hybridized carbons (Fsp3) is 0.185. The Kier molecular flexibility index (Phi) is 8.73. The Balaban J connectivity index is 1.89. The smallest absolute Gasteiger partial charge is 0.360 e. The lowest BCUT2D eigenvalue weighted by Gasteiger charge is -2.36. The van der Waals surface area contributed by atoms with Crippen molar-refractivity contribution in [2.45, 2.75) is 18.4 Å². The minimum atomic E-state index is -5.12. The number of rotatable bonds is 11. The number of carbonyl (C=O) groups is 1. The average Bonchev–Trinajstić information content (AvgIpc) is 2.89. The van der Waals surface area contributed by atoms with Gasteiger partial charge in [-0.3, -0.25) is 4.79 Å². The third-order valence-electron chi connectivity index (χ3n) is 5.70. The molecule has 0 saturated carbocycles. The van der Waals surface area contributed by atoms with Gasteiger partial charge < -0.3 is 10.3 Å². The van der Waals surface area contributed by atoms with Crippen molar-refractivity contribution in [3.8, 4) is 0 Å². The summed E-state index contributed by atoms with van der Waals surface area (Å²) in [6, 6.07) is 28.9. The lowest BCUT2D eigenvalue weighted by molar-refractivity contribution is -0.116. The third-order valence-corrected chi connectivity index (χ3v) is 10.1. The number of hydrogen-bond donors (Lipinski definition) is 0. The normalized spacial score (nSPS) is 11.9. The van der Waals surface area contributed by atoms with Crippen LogP contribution in [-0.2, 0) is 32.9 Å². The summed E-state index contributed by atoms with van der Waals surface area (Å²) < 4.78 is 53.8. The average molecular weight is 539 g/mol. The SMILES string of the molecule is C=C(CCC(=O)C(=[N+]=[N-])S(=O)(=O)S(C)(=O)=O)COC(c1ccccc1)(c1ccccc1)c1ccccc1. The Labute approximate surface area is 216 Å². The molecule has 0 aromatic heterocycles. The highest BCUT2D eigenvalue weighted by Crippen LogP contribution is 2.40. The molecule has 37 heavy (non-hydrogen) atoms. The van der Waals surface area contributed by atoms with Gasteiger partial charge in [0.05, 0.1) is 12.9 Å². The van der Waals surface area contributed by atoms with Crippen molar-refractivity contribution in [3.63, 3.8) is 0 Å². The number of ether oxygens (including phenoxy) is 1. The Bertz CT molecular complexity index is 1430. The largest absolute Gasteiger partial charge is 0.462 e. The molecule has 0 radical (unpaired) electrons. The zero-order valence-electron chi connectivity index (χ0n) is 20.1. The number of Topliss-reactive ketones (excluding diaryl/α,β-unsaturated/α-hetero) is 1. The van der Waals surface area contributed by atoms with E-state index in [1.54, 1.807) is 0 Å². The minimum absolute atomic E-state index is 0.00358. The molecule has 192 valence electrons. The van der Waals surface area contributed by atoms with E-state index in [-0.39, 0.29) is 13.0 Å². The van der Waals surface area contributed by atoms with Crippen LogP contribution in [0.25, 0.3) is 5.53 Å². The summed E-state index contributed by atoms with van der Waals surface area (Å²) in [6.07, 6.45) is -0.0408. The monoisotopic (exact) mass is 538 g/mol. The molecular weight excluding hydrogens is 512 g/mol. The van der Waals surface area contributed by atoms with Crippen molar-refractivity contribution in [1.82, 2.24) is 0 Å². The van der Waals surface area contributed by atoms with Gasteiger partial charge in [-0.25, -0.2) is 8.42 Å². The highest BCUT2D eigenvalue weighted by atomic mass is 33.2. The molecule has 0 amide bonds. The predicted molar refractivity (Wildman–Crippen MR) is 141 cm³/mol. The maximum absolute atomic E-state index is 12.4. The highest BCUT2D eigenvalue weighted by molar-refractivity contribution is 8.73. The first-order valence-corrected chi connectivity index (χ1v) is 15.1. The van der Waals surface area contributed by atoms with Gasteiger partial charge >= 0.3 is 13.9 Å². The van der Waals surface area contributed by atoms with Gasteiger partial charge in [-0.1, -0.05) is 103 Å². The molecule has 0 N–H and O–H groups in total. The lowest BCUT2D eigenvalue weighted by Crippen LogP contribution is -2.34. The quantitative estimate of drug-likeness (QED) is 0.0692. The topological polar surface area (TPSA) is 131 Å².